The van der Waals surface area contributed by atoms with Crippen molar-refractivity contribution in [1.82, 2.24) is 4.90 Å². The van der Waals surface area contributed by atoms with E-state index in [4.69, 9.17) is 9.47 Å². The Labute approximate surface area is 156 Å². The van der Waals surface area contributed by atoms with E-state index < -0.39 is 0 Å². The lowest BCUT2D eigenvalue weighted by molar-refractivity contribution is 0.0784. The summed E-state index contributed by atoms with van der Waals surface area (Å²) >= 11 is 0. The smallest absolute Gasteiger partial charge is 0.253 e. The molecule has 26 heavy (non-hydrogen) atoms. The number of benzene rings is 2. The van der Waals surface area contributed by atoms with Crippen molar-refractivity contribution in [3.63, 3.8) is 0 Å². The van der Waals surface area contributed by atoms with E-state index in [-0.39, 0.29) is 11.3 Å². The highest BCUT2D eigenvalue weighted by Gasteiger charge is 2.17. The number of carbonyl (C=O) groups excluding carboxylic acids is 1. The monoisotopic (exact) mass is 355 g/mol. The summed E-state index contributed by atoms with van der Waals surface area (Å²) in [6.07, 6.45) is 0. The largest absolute Gasteiger partial charge is 0.493 e. The van der Waals surface area contributed by atoms with Gasteiger partial charge in [0.1, 0.15) is 0 Å². The fourth-order valence-electron chi connectivity index (χ4n) is 2.85. The van der Waals surface area contributed by atoms with Gasteiger partial charge in [-0.2, -0.15) is 0 Å². The molecule has 0 fully saturated rings. The molecule has 0 N–H and O–H groups in total. The Morgan fingerprint density at radius 2 is 1.54 bits per heavy atom. The average molecular weight is 355 g/mol. The molecule has 0 bridgehead atoms. The lowest BCUT2D eigenvalue weighted by Crippen LogP contribution is -2.26. The number of carbonyl (C=O) groups is 1. The number of amides is 1. The zero-order valence-electron chi connectivity index (χ0n) is 16.8. The number of rotatable bonds is 5. The number of ether oxygens (including phenoxy) is 2. The zero-order valence-corrected chi connectivity index (χ0v) is 16.8. The topological polar surface area (TPSA) is 38.8 Å². The molecule has 140 valence electrons. The van der Waals surface area contributed by atoms with Gasteiger partial charge in [0, 0.05) is 19.2 Å². The first-order valence-corrected chi connectivity index (χ1v) is 8.75. The Bertz CT molecular complexity index is 773. The summed E-state index contributed by atoms with van der Waals surface area (Å²) in [6, 6.07) is 11.7. The third kappa shape index (κ3) is 4.37. The minimum atomic E-state index is -0.000330. The summed E-state index contributed by atoms with van der Waals surface area (Å²) in [7, 11) is 5.05. The van der Waals surface area contributed by atoms with Crippen LogP contribution in [0, 0.1) is 6.92 Å². The molecule has 4 nitrogen and oxygen atoms in total. The quantitative estimate of drug-likeness (QED) is 0.788. The van der Waals surface area contributed by atoms with Crippen molar-refractivity contribution in [2.75, 3.05) is 21.3 Å². The Morgan fingerprint density at radius 1 is 1.00 bits per heavy atom. The standard InChI is InChI=1S/C22H29NO3/c1-15-12-19(25-6)20(26-7)13-17(15)14-23(5)21(24)16-8-10-18(11-9-16)22(2,3)4/h8-13H,14H2,1-7H3. The minimum absolute atomic E-state index is 0.000330. The number of aryl methyl sites for hydroxylation is 1. The molecule has 0 aliphatic rings. The predicted molar refractivity (Wildman–Crippen MR) is 105 cm³/mol. The van der Waals surface area contributed by atoms with E-state index in [0.717, 1.165) is 11.1 Å². The molecule has 0 saturated heterocycles. The number of hydrogen-bond donors (Lipinski definition) is 0. The van der Waals surface area contributed by atoms with E-state index in [1.807, 2.05) is 50.4 Å². The maximum absolute atomic E-state index is 12.8. The number of methoxy groups -OCH3 is 2. The summed E-state index contributed by atoms with van der Waals surface area (Å²) in [5.74, 6) is 1.36. The molecule has 2 aromatic carbocycles. The molecular weight excluding hydrogens is 326 g/mol. The molecule has 0 atom stereocenters. The van der Waals surface area contributed by atoms with Crippen molar-refractivity contribution >= 4 is 5.91 Å². The maximum atomic E-state index is 12.8. The van der Waals surface area contributed by atoms with Gasteiger partial charge >= 0.3 is 0 Å². The van der Waals surface area contributed by atoms with Crippen molar-refractivity contribution in [3.05, 3.63) is 58.7 Å². The first-order valence-electron chi connectivity index (χ1n) is 8.75. The van der Waals surface area contributed by atoms with Gasteiger partial charge in [0.2, 0.25) is 0 Å². The first kappa shape index (κ1) is 19.8. The van der Waals surface area contributed by atoms with Crippen LogP contribution in [0.4, 0.5) is 0 Å². The SMILES string of the molecule is COc1cc(C)c(CN(C)C(=O)c2ccc(C(C)(C)C)cc2)cc1OC. The molecular formula is C22H29NO3. The van der Waals surface area contributed by atoms with Crippen LogP contribution in [-0.2, 0) is 12.0 Å². The van der Waals surface area contributed by atoms with Crippen molar-refractivity contribution in [1.29, 1.82) is 0 Å². The Hall–Kier alpha value is -2.49. The molecule has 0 saturated carbocycles. The summed E-state index contributed by atoms with van der Waals surface area (Å²) in [4.78, 5) is 14.5. The van der Waals surface area contributed by atoms with Gasteiger partial charge in [0.15, 0.2) is 11.5 Å². The van der Waals surface area contributed by atoms with Crippen LogP contribution in [0.3, 0.4) is 0 Å². The van der Waals surface area contributed by atoms with Crippen LogP contribution in [0.1, 0.15) is 47.8 Å². The molecule has 2 rings (SSSR count). The van der Waals surface area contributed by atoms with Crippen molar-refractivity contribution in [2.45, 2.75) is 39.7 Å². The molecule has 0 radical (unpaired) electrons. The number of nitrogens with zero attached hydrogens (tertiary/aromatic N) is 1. The van der Waals surface area contributed by atoms with E-state index >= 15 is 0 Å². The van der Waals surface area contributed by atoms with Crippen LogP contribution in [0.2, 0.25) is 0 Å². The second kappa shape index (κ2) is 7.81. The highest BCUT2D eigenvalue weighted by Crippen LogP contribution is 2.31. The molecule has 0 aromatic heterocycles. The lowest BCUT2D eigenvalue weighted by Gasteiger charge is -2.22. The first-order chi connectivity index (χ1) is 12.2. The third-order valence-electron chi connectivity index (χ3n) is 4.59. The van der Waals surface area contributed by atoms with E-state index in [1.54, 1.807) is 19.1 Å². The van der Waals surface area contributed by atoms with E-state index in [9.17, 15) is 4.79 Å². The molecule has 0 spiro atoms. The van der Waals surface area contributed by atoms with Crippen molar-refractivity contribution in [2.24, 2.45) is 0 Å². The average Bonchev–Trinajstić information content (AvgIpc) is 2.61. The van der Waals surface area contributed by atoms with Crippen molar-refractivity contribution < 1.29 is 14.3 Å². The van der Waals surface area contributed by atoms with E-state index in [1.165, 1.54) is 5.56 Å². The second-order valence-corrected chi connectivity index (χ2v) is 7.62. The van der Waals surface area contributed by atoms with Crippen LogP contribution in [0.15, 0.2) is 36.4 Å². The molecule has 0 aliphatic heterocycles. The van der Waals surface area contributed by atoms with Gasteiger partial charge in [-0.3, -0.25) is 4.79 Å². The number of hydrogen-bond acceptors (Lipinski definition) is 3. The molecule has 4 heteroatoms. The Balaban J connectivity index is 2.19. The predicted octanol–water partition coefficient (Wildman–Crippen LogP) is 4.58. The van der Waals surface area contributed by atoms with Crippen LogP contribution < -0.4 is 9.47 Å². The van der Waals surface area contributed by atoms with Gasteiger partial charge < -0.3 is 14.4 Å². The molecule has 2 aromatic rings. The summed E-state index contributed by atoms with van der Waals surface area (Å²) < 4.78 is 10.7. The summed E-state index contributed by atoms with van der Waals surface area (Å²) in [5, 5.41) is 0. The Kier molecular flexibility index (Phi) is 5.96. The van der Waals surface area contributed by atoms with Gasteiger partial charge in [0.25, 0.3) is 5.91 Å². The summed E-state index contributed by atoms with van der Waals surface area (Å²) in [5.41, 5.74) is 4.07. The third-order valence-corrected chi connectivity index (χ3v) is 4.59. The molecule has 0 heterocycles. The molecule has 0 unspecified atom stereocenters. The Morgan fingerprint density at radius 3 is 2.04 bits per heavy atom. The lowest BCUT2D eigenvalue weighted by atomic mass is 9.86. The van der Waals surface area contributed by atoms with Crippen LogP contribution in [0.25, 0.3) is 0 Å². The van der Waals surface area contributed by atoms with Crippen LogP contribution in [-0.4, -0.2) is 32.1 Å². The van der Waals surface area contributed by atoms with Crippen molar-refractivity contribution in [3.8, 4) is 11.5 Å². The van der Waals surface area contributed by atoms with E-state index in [0.29, 0.717) is 23.6 Å². The van der Waals surface area contributed by atoms with Crippen LogP contribution >= 0.6 is 0 Å². The highest BCUT2D eigenvalue weighted by molar-refractivity contribution is 5.94. The highest BCUT2D eigenvalue weighted by atomic mass is 16.5. The van der Waals surface area contributed by atoms with Gasteiger partial charge in [-0.1, -0.05) is 32.9 Å². The van der Waals surface area contributed by atoms with E-state index in [2.05, 4.69) is 20.8 Å². The van der Waals surface area contributed by atoms with Gasteiger partial charge in [-0.15, -0.1) is 0 Å². The van der Waals surface area contributed by atoms with Gasteiger partial charge in [-0.25, -0.2) is 0 Å². The fourth-order valence-corrected chi connectivity index (χ4v) is 2.85. The molecule has 1 amide bonds. The second-order valence-electron chi connectivity index (χ2n) is 7.62. The maximum Gasteiger partial charge on any atom is 0.253 e. The minimum Gasteiger partial charge on any atom is -0.493 e. The zero-order chi connectivity index (χ0) is 19.5. The van der Waals surface area contributed by atoms with Crippen LogP contribution in [0.5, 0.6) is 11.5 Å². The van der Waals surface area contributed by atoms with Gasteiger partial charge in [-0.05, 0) is 53.3 Å². The summed E-state index contributed by atoms with van der Waals surface area (Å²) in [6.45, 7) is 9.00. The normalized spacial score (nSPS) is 11.2. The van der Waals surface area contributed by atoms with Gasteiger partial charge in [0.05, 0.1) is 14.2 Å². The molecule has 0 aliphatic carbocycles. The fraction of sp³-hybridized carbons (Fsp3) is 0.409.